The molecule has 1 aromatic rings. The largest absolute Gasteiger partial charge is 0.534 e. The van der Waals surface area contributed by atoms with Gasteiger partial charge in [-0.2, -0.15) is 21.6 Å². The molecule has 1 heterocycles. The fourth-order valence-corrected chi connectivity index (χ4v) is 3.38. The smallest absolute Gasteiger partial charge is 0.492 e. The van der Waals surface area contributed by atoms with Crippen molar-refractivity contribution in [3.05, 3.63) is 23.8 Å². The van der Waals surface area contributed by atoms with Crippen LogP contribution in [0.4, 0.5) is 13.2 Å². The molecule has 142 valence electrons. The Balaban J connectivity index is 2.28. The summed E-state index contributed by atoms with van der Waals surface area (Å²) in [6, 6.07) is 4.20. The standard InChI is InChI=1S/C16H22F3NO4S/c1-3-8-20(9-4-2)12-10-13-14(23-11-12)6-5-7-15(13)24-25(21,22)16(17,18)19/h5-7,12H,3-4,8-11H2,1-2H3/t12-/m0/s1. The van der Waals surface area contributed by atoms with E-state index in [0.717, 1.165) is 25.9 Å². The predicted octanol–water partition coefficient (Wildman–Crippen LogP) is 3.34. The van der Waals surface area contributed by atoms with Crippen molar-refractivity contribution in [3.8, 4) is 11.5 Å². The van der Waals surface area contributed by atoms with E-state index in [-0.39, 0.29) is 11.8 Å². The Labute approximate surface area is 145 Å². The van der Waals surface area contributed by atoms with E-state index in [9.17, 15) is 21.6 Å². The van der Waals surface area contributed by atoms with Crippen molar-refractivity contribution in [3.63, 3.8) is 0 Å². The van der Waals surface area contributed by atoms with Crippen LogP contribution in [0.15, 0.2) is 18.2 Å². The first-order valence-corrected chi connectivity index (χ1v) is 9.60. The van der Waals surface area contributed by atoms with Crippen molar-refractivity contribution in [1.29, 1.82) is 0 Å². The lowest BCUT2D eigenvalue weighted by molar-refractivity contribution is -0.0500. The molecular weight excluding hydrogens is 359 g/mol. The Morgan fingerprint density at radius 3 is 2.44 bits per heavy atom. The van der Waals surface area contributed by atoms with Crippen LogP contribution in [0.2, 0.25) is 0 Å². The average molecular weight is 381 g/mol. The number of hydrogen-bond acceptors (Lipinski definition) is 5. The molecule has 0 fully saturated rings. The number of alkyl halides is 3. The molecule has 0 saturated carbocycles. The van der Waals surface area contributed by atoms with Crippen LogP contribution in [-0.2, 0) is 16.5 Å². The van der Waals surface area contributed by atoms with Crippen molar-refractivity contribution >= 4 is 10.1 Å². The minimum absolute atomic E-state index is 0.0364. The second kappa shape index (κ2) is 7.82. The summed E-state index contributed by atoms with van der Waals surface area (Å²) in [5.41, 5.74) is -5.12. The highest BCUT2D eigenvalue weighted by molar-refractivity contribution is 7.88. The van der Waals surface area contributed by atoms with E-state index < -0.39 is 15.6 Å². The van der Waals surface area contributed by atoms with Crippen molar-refractivity contribution in [2.45, 2.75) is 44.7 Å². The Morgan fingerprint density at radius 2 is 1.88 bits per heavy atom. The summed E-state index contributed by atoms with van der Waals surface area (Å²) < 4.78 is 70.5. The maximum atomic E-state index is 12.6. The molecule has 0 saturated heterocycles. The first-order chi connectivity index (χ1) is 11.7. The number of halogens is 3. The lowest BCUT2D eigenvalue weighted by Crippen LogP contribution is -2.44. The van der Waals surface area contributed by atoms with Crippen LogP contribution in [0.25, 0.3) is 0 Å². The Morgan fingerprint density at radius 1 is 1.24 bits per heavy atom. The van der Waals surface area contributed by atoms with Crippen LogP contribution in [0, 0.1) is 0 Å². The minimum Gasteiger partial charge on any atom is -0.492 e. The van der Waals surface area contributed by atoms with Gasteiger partial charge in [0.05, 0.1) is 0 Å². The molecule has 2 rings (SSSR count). The summed E-state index contributed by atoms with van der Waals surface area (Å²) >= 11 is 0. The molecule has 0 N–H and O–H groups in total. The third-order valence-electron chi connectivity index (χ3n) is 3.98. The molecule has 1 atom stereocenters. The Kier molecular flexibility index (Phi) is 6.21. The number of hydrogen-bond donors (Lipinski definition) is 0. The van der Waals surface area contributed by atoms with Crippen molar-refractivity contribution in [2.24, 2.45) is 0 Å². The van der Waals surface area contributed by atoms with Gasteiger partial charge in [-0.1, -0.05) is 19.9 Å². The van der Waals surface area contributed by atoms with Gasteiger partial charge in [-0.3, -0.25) is 4.90 Å². The van der Waals surface area contributed by atoms with Gasteiger partial charge in [0.2, 0.25) is 0 Å². The van der Waals surface area contributed by atoms with E-state index in [0.29, 0.717) is 24.3 Å². The quantitative estimate of drug-likeness (QED) is 0.536. The molecule has 0 aliphatic carbocycles. The molecule has 9 heteroatoms. The minimum atomic E-state index is -5.71. The third kappa shape index (κ3) is 4.58. The van der Waals surface area contributed by atoms with E-state index in [1.807, 2.05) is 13.8 Å². The van der Waals surface area contributed by atoms with E-state index in [1.165, 1.54) is 12.1 Å². The van der Waals surface area contributed by atoms with Crippen LogP contribution in [0.3, 0.4) is 0 Å². The number of nitrogens with zero attached hydrogens (tertiary/aromatic N) is 1. The molecule has 1 aromatic carbocycles. The normalized spacial score (nSPS) is 17.9. The van der Waals surface area contributed by atoms with Gasteiger partial charge in [0.15, 0.2) is 0 Å². The predicted molar refractivity (Wildman–Crippen MR) is 87.2 cm³/mol. The summed E-state index contributed by atoms with van der Waals surface area (Å²) in [6.45, 7) is 6.17. The molecule has 25 heavy (non-hydrogen) atoms. The molecule has 1 aliphatic heterocycles. The first kappa shape index (κ1) is 19.8. The zero-order chi connectivity index (χ0) is 18.7. The molecule has 0 unspecified atom stereocenters. The van der Waals surface area contributed by atoms with E-state index in [2.05, 4.69) is 9.08 Å². The zero-order valence-electron chi connectivity index (χ0n) is 14.2. The zero-order valence-corrected chi connectivity index (χ0v) is 15.0. The second-order valence-corrected chi connectivity index (χ2v) is 7.46. The van der Waals surface area contributed by atoms with Gasteiger partial charge >= 0.3 is 15.6 Å². The maximum absolute atomic E-state index is 12.6. The van der Waals surface area contributed by atoms with E-state index in [1.54, 1.807) is 6.07 Å². The van der Waals surface area contributed by atoms with Gasteiger partial charge in [0.25, 0.3) is 0 Å². The lowest BCUT2D eigenvalue weighted by Gasteiger charge is -2.35. The molecule has 0 aromatic heterocycles. The Hall–Kier alpha value is -1.48. The number of rotatable bonds is 7. The Bertz CT molecular complexity index is 685. The van der Waals surface area contributed by atoms with Crippen LogP contribution in [0.1, 0.15) is 32.3 Å². The van der Waals surface area contributed by atoms with E-state index in [4.69, 9.17) is 4.74 Å². The van der Waals surface area contributed by atoms with Gasteiger partial charge in [-0.05, 0) is 44.5 Å². The molecular formula is C16H22F3NO4S. The highest BCUT2D eigenvalue weighted by Crippen LogP contribution is 2.36. The molecule has 5 nitrogen and oxygen atoms in total. The number of fused-ring (bicyclic) bond motifs is 1. The molecule has 0 radical (unpaired) electrons. The summed E-state index contributed by atoms with van der Waals surface area (Å²) in [5, 5.41) is 0. The highest BCUT2D eigenvalue weighted by Gasteiger charge is 2.49. The average Bonchev–Trinajstić information content (AvgIpc) is 2.53. The molecule has 0 spiro atoms. The molecule has 0 amide bonds. The SMILES string of the molecule is CCCN(CCC)[C@@H]1COc2cccc(OS(=O)(=O)C(F)(F)F)c2C1. The number of ether oxygens (including phenoxy) is 1. The fraction of sp³-hybridized carbons (Fsp3) is 0.625. The number of benzene rings is 1. The summed E-state index contributed by atoms with van der Waals surface area (Å²) in [7, 11) is -5.71. The monoisotopic (exact) mass is 381 g/mol. The van der Waals surface area contributed by atoms with Crippen LogP contribution >= 0.6 is 0 Å². The van der Waals surface area contributed by atoms with Crippen molar-refractivity contribution < 1.29 is 30.5 Å². The summed E-state index contributed by atoms with van der Waals surface area (Å²) in [5.74, 6) is 0.0338. The van der Waals surface area contributed by atoms with Gasteiger partial charge in [0, 0.05) is 11.6 Å². The first-order valence-electron chi connectivity index (χ1n) is 8.19. The van der Waals surface area contributed by atoms with Crippen molar-refractivity contribution in [2.75, 3.05) is 19.7 Å². The van der Waals surface area contributed by atoms with Crippen molar-refractivity contribution in [1.82, 2.24) is 4.90 Å². The van der Waals surface area contributed by atoms with Crippen LogP contribution < -0.4 is 8.92 Å². The third-order valence-corrected chi connectivity index (χ3v) is 4.95. The van der Waals surface area contributed by atoms with Gasteiger partial charge in [0.1, 0.15) is 18.1 Å². The van der Waals surface area contributed by atoms with Gasteiger partial charge in [-0.15, -0.1) is 0 Å². The molecule has 1 aliphatic rings. The van der Waals surface area contributed by atoms with E-state index >= 15 is 0 Å². The van der Waals surface area contributed by atoms with Crippen LogP contribution in [-0.4, -0.2) is 44.6 Å². The summed E-state index contributed by atoms with van der Waals surface area (Å²) in [4.78, 5) is 2.21. The topological polar surface area (TPSA) is 55.8 Å². The van der Waals surface area contributed by atoms with Gasteiger partial charge in [-0.25, -0.2) is 0 Å². The summed E-state index contributed by atoms with van der Waals surface area (Å²) in [6.07, 6.45) is 2.24. The second-order valence-electron chi connectivity index (χ2n) is 5.92. The fourth-order valence-electron chi connectivity index (χ4n) is 2.89. The maximum Gasteiger partial charge on any atom is 0.534 e. The highest BCUT2D eigenvalue weighted by atomic mass is 32.2. The molecule has 0 bridgehead atoms. The lowest BCUT2D eigenvalue weighted by atomic mass is 10.00. The van der Waals surface area contributed by atoms with Crippen LogP contribution in [0.5, 0.6) is 11.5 Å². The van der Waals surface area contributed by atoms with Gasteiger partial charge < -0.3 is 8.92 Å².